The summed E-state index contributed by atoms with van der Waals surface area (Å²) >= 11 is 6.07. The molecule has 1 aromatic heterocycles. The fourth-order valence-corrected chi connectivity index (χ4v) is 3.54. The molecular weight excluding hydrogens is 429 g/mol. The lowest BCUT2D eigenvalue weighted by atomic mass is 10.0. The molecule has 2 rings (SSSR count). The predicted octanol–water partition coefficient (Wildman–Crippen LogP) is 4.45. The van der Waals surface area contributed by atoms with Crippen LogP contribution in [0.5, 0.6) is 0 Å². The standard InChI is InChI=1S/C15H19BrIN3/c1-9(2)20-15(12(16)8-19-20)14(18-4)11-7-5-6-10(3)13(11)17/h5-9,14,18H,1-4H3. The average molecular weight is 448 g/mol. The summed E-state index contributed by atoms with van der Waals surface area (Å²) in [6.07, 6.45) is 1.88. The van der Waals surface area contributed by atoms with Gasteiger partial charge in [-0.2, -0.15) is 5.10 Å². The maximum absolute atomic E-state index is 4.49. The van der Waals surface area contributed by atoms with Gasteiger partial charge in [0.25, 0.3) is 0 Å². The van der Waals surface area contributed by atoms with Gasteiger partial charge in [0, 0.05) is 9.61 Å². The van der Waals surface area contributed by atoms with Crippen LogP contribution in [-0.2, 0) is 0 Å². The minimum Gasteiger partial charge on any atom is -0.308 e. The zero-order valence-electron chi connectivity index (χ0n) is 12.1. The topological polar surface area (TPSA) is 29.9 Å². The summed E-state index contributed by atoms with van der Waals surface area (Å²) in [4.78, 5) is 0. The smallest absolute Gasteiger partial charge is 0.0767 e. The van der Waals surface area contributed by atoms with Crippen molar-refractivity contribution in [3.63, 3.8) is 0 Å². The number of aryl methyl sites for hydroxylation is 1. The van der Waals surface area contributed by atoms with Gasteiger partial charge in [0.2, 0.25) is 0 Å². The molecule has 0 aliphatic carbocycles. The third kappa shape index (κ3) is 2.94. The van der Waals surface area contributed by atoms with Crippen molar-refractivity contribution in [2.75, 3.05) is 7.05 Å². The van der Waals surface area contributed by atoms with Crippen molar-refractivity contribution in [2.45, 2.75) is 32.9 Å². The van der Waals surface area contributed by atoms with E-state index in [9.17, 15) is 0 Å². The third-order valence-electron chi connectivity index (χ3n) is 3.37. The van der Waals surface area contributed by atoms with Crippen LogP contribution in [-0.4, -0.2) is 16.8 Å². The lowest BCUT2D eigenvalue weighted by molar-refractivity contribution is 0.482. The fraction of sp³-hybridized carbons (Fsp3) is 0.400. The molecule has 5 heteroatoms. The van der Waals surface area contributed by atoms with Crippen LogP contribution in [0.25, 0.3) is 0 Å². The molecule has 108 valence electrons. The van der Waals surface area contributed by atoms with Gasteiger partial charge in [0.1, 0.15) is 0 Å². The monoisotopic (exact) mass is 447 g/mol. The SMILES string of the molecule is CNC(c1cccc(C)c1I)c1c(Br)cnn1C(C)C. The Hall–Kier alpha value is -0.400. The van der Waals surface area contributed by atoms with E-state index in [1.54, 1.807) is 0 Å². The molecule has 20 heavy (non-hydrogen) atoms. The molecular formula is C15H19BrIN3. The van der Waals surface area contributed by atoms with Crippen molar-refractivity contribution in [3.05, 3.63) is 49.3 Å². The van der Waals surface area contributed by atoms with E-state index in [0.717, 1.165) is 4.47 Å². The minimum absolute atomic E-state index is 0.126. The number of aromatic nitrogens is 2. The van der Waals surface area contributed by atoms with Gasteiger partial charge in [-0.05, 0) is 77.5 Å². The Bertz CT molecular complexity index is 607. The van der Waals surface area contributed by atoms with Crippen molar-refractivity contribution < 1.29 is 0 Å². The summed E-state index contributed by atoms with van der Waals surface area (Å²) in [5.41, 5.74) is 3.76. The maximum atomic E-state index is 4.49. The number of nitrogens with zero attached hydrogens (tertiary/aromatic N) is 2. The van der Waals surface area contributed by atoms with Crippen LogP contribution in [0.2, 0.25) is 0 Å². The normalized spacial score (nSPS) is 12.9. The molecule has 1 unspecified atom stereocenters. The highest BCUT2D eigenvalue weighted by molar-refractivity contribution is 14.1. The fourth-order valence-electron chi connectivity index (χ4n) is 2.36. The summed E-state index contributed by atoms with van der Waals surface area (Å²) in [6, 6.07) is 6.89. The summed E-state index contributed by atoms with van der Waals surface area (Å²) in [6.45, 7) is 6.44. The highest BCUT2D eigenvalue weighted by Crippen LogP contribution is 2.33. The van der Waals surface area contributed by atoms with E-state index in [0.29, 0.717) is 6.04 Å². The van der Waals surface area contributed by atoms with Gasteiger partial charge in [0.15, 0.2) is 0 Å². The van der Waals surface area contributed by atoms with Gasteiger partial charge in [-0.15, -0.1) is 0 Å². The zero-order valence-corrected chi connectivity index (χ0v) is 15.9. The number of hydrogen-bond donors (Lipinski definition) is 1. The van der Waals surface area contributed by atoms with Crippen LogP contribution >= 0.6 is 38.5 Å². The highest BCUT2D eigenvalue weighted by Gasteiger charge is 2.23. The van der Waals surface area contributed by atoms with Crippen molar-refractivity contribution in [1.29, 1.82) is 0 Å². The molecule has 0 aliphatic heterocycles. The van der Waals surface area contributed by atoms with Crippen LogP contribution in [0.15, 0.2) is 28.9 Å². The molecule has 3 nitrogen and oxygen atoms in total. The van der Waals surface area contributed by atoms with Crippen LogP contribution in [0.4, 0.5) is 0 Å². The second-order valence-electron chi connectivity index (χ2n) is 5.12. The first-order valence-electron chi connectivity index (χ1n) is 6.62. The number of rotatable bonds is 4. The van der Waals surface area contributed by atoms with Crippen molar-refractivity contribution in [2.24, 2.45) is 0 Å². The Kier molecular flexibility index (Phi) is 5.25. The Balaban J connectivity index is 2.58. The first-order chi connectivity index (χ1) is 9.47. The molecule has 2 aromatic rings. The first kappa shape index (κ1) is 16.0. The average Bonchev–Trinajstić information content (AvgIpc) is 2.78. The predicted molar refractivity (Wildman–Crippen MR) is 95.1 cm³/mol. The molecule has 0 bridgehead atoms. The summed E-state index contributed by atoms with van der Waals surface area (Å²) < 4.78 is 4.42. The van der Waals surface area contributed by atoms with Crippen LogP contribution < -0.4 is 5.32 Å². The van der Waals surface area contributed by atoms with Crippen LogP contribution in [0.1, 0.15) is 42.8 Å². The van der Waals surface area contributed by atoms with Crippen LogP contribution in [0, 0.1) is 10.5 Å². The van der Waals surface area contributed by atoms with E-state index < -0.39 is 0 Å². The molecule has 0 aliphatic rings. The number of halogens is 2. The molecule has 0 fully saturated rings. The molecule has 0 radical (unpaired) electrons. The van der Waals surface area contributed by atoms with Crippen molar-refractivity contribution in [3.8, 4) is 0 Å². The zero-order chi connectivity index (χ0) is 14.9. The molecule has 0 saturated carbocycles. The van der Waals surface area contributed by atoms with E-state index in [2.05, 4.69) is 92.6 Å². The summed E-state index contributed by atoms with van der Waals surface area (Å²) in [5, 5.41) is 7.92. The number of hydrogen-bond acceptors (Lipinski definition) is 2. The molecule has 1 N–H and O–H groups in total. The van der Waals surface area contributed by atoms with E-state index >= 15 is 0 Å². The lowest BCUT2D eigenvalue weighted by Gasteiger charge is -2.22. The Labute approximate surface area is 142 Å². The molecule has 1 aromatic carbocycles. The maximum Gasteiger partial charge on any atom is 0.0767 e. The highest BCUT2D eigenvalue weighted by atomic mass is 127. The van der Waals surface area contributed by atoms with Gasteiger partial charge in [0.05, 0.1) is 22.4 Å². The molecule has 0 saturated heterocycles. The van der Waals surface area contributed by atoms with Crippen molar-refractivity contribution >= 4 is 38.5 Å². The first-order valence-corrected chi connectivity index (χ1v) is 8.49. The lowest BCUT2D eigenvalue weighted by Crippen LogP contribution is -2.24. The molecule has 0 amide bonds. The summed E-state index contributed by atoms with van der Waals surface area (Å²) in [5.74, 6) is 0. The van der Waals surface area contributed by atoms with Gasteiger partial charge in [-0.3, -0.25) is 4.68 Å². The van der Waals surface area contributed by atoms with E-state index in [1.165, 1.54) is 20.4 Å². The quantitative estimate of drug-likeness (QED) is 0.701. The van der Waals surface area contributed by atoms with Gasteiger partial charge in [-0.25, -0.2) is 0 Å². The van der Waals surface area contributed by atoms with E-state index in [1.807, 2.05) is 13.2 Å². The summed E-state index contributed by atoms with van der Waals surface area (Å²) in [7, 11) is 1.99. The Morgan fingerprint density at radius 3 is 2.65 bits per heavy atom. The second kappa shape index (κ2) is 6.58. The third-order valence-corrected chi connectivity index (χ3v) is 5.46. The molecule has 0 spiro atoms. The molecule has 1 heterocycles. The molecule has 1 atom stereocenters. The van der Waals surface area contributed by atoms with Gasteiger partial charge >= 0.3 is 0 Å². The van der Waals surface area contributed by atoms with Crippen molar-refractivity contribution in [1.82, 2.24) is 15.1 Å². The second-order valence-corrected chi connectivity index (χ2v) is 7.05. The van der Waals surface area contributed by atoms with E-state index in [-0.39, 0.29) is 6.04 Å². The Morgan fingerprint density at radius 2 is 2.05 bits per heavy atom. The van der Waals surface area contributed by atoms with Crippen LogP contribution in [0.3, 0.4) is 0 Å². The van der Waals surface area contributed by atoms with E-state index in [4.69, 9.17) is 0 Å². The Morgan fingerprint density at radius 1 is 1.35 bits per heavy atom. The van der Waals surface area contributed by atoms with Gasteiger partial charge in [-0.1, -0.05) is 18.2 Å². The minimum atomic E-state index is 0.126. The largest absolute Gasteiger partial charge is 0.308 e. The van der Waals surface area contributed by atoms with Gasteiger partial charge < -0.3 is 5.32 Å². The number of benzene rings is 1. The number of nitrogens with one attached hydrogen (secondary N) is 1.